The maximum absolute atomic E-state index is 12.3. The number of morpholine rings is 1. The summed E-state index contributed by atoms with van der Waals surface area (Å²) in [6, 6.07) is 5.12. The van der Waals surface area contributed by atoms with E-state index in [9.17, 15) is 4.79 Å². The minimum atomic E-state index is -0.329. The number of rotatable bonds is 4. The summed E-state index contributed by atoms with van der Waals surface area (Å²) < 4.78 is 5.29. The summed E-state index contributed by atoms with van der Waals surface area (Å²) in [5, 5.41) is 12.0. The Balaban J connectivity index is 1.67. The SMILES string of the molecule is Nc1c(C(=O)NCCN2CCOCC2)nnc2ccc(Cl)cc12. The van der Waals surface area contributed by atoms with Gasteiger partial charge in [-0.1, -0.05) is 11.6 Å². The van der Waals surface area contributed by atoms with Crippen molar-refractivity contribution in [3.05, 3.63) is 28.9 Å². The van der Waals surface area contributed by atoms with Gasteiger partial charge in [-0.2, -0.15) is 0 Å². The summed E-state index contributed by atoms with van der Waals surface area (Å²) in [6.07, 6.45) is 0. The maximum Gasteiger partial charge on any atom is 0.274 e. The number of nitrogens with two attached hydrogens (primary N) is 1. The molecule has 23 heavy (non-hydrogen) atoms. The van der Waals surface area contributed by atoms with Crippen molar-refractivity contribution in [1.82, 2.24) is 20.4 Å². The summed E-state index contributed by atoms with van der Waals surface area (Å²) in [5.74, 6) is -0.329. The molecule has 0 unspecified atom stereocenters. The van der Waals surface area contributed by atoms with Gasteiger partial charge in [0.15, 0.2) is 5.69 Å². The van der Waals surface area contributed by atoms with E-state index in [1.54, 1.807) is 18.2 Å². The van der Waals surface area contributed by atoms with E-state index >= 15 is 0 Å². The summed E-state index contributed by atoms with van der Waals surface area (Å²) in [7, 11) is 0. The zero-order chi connectivity index (χ0) is 16.2. The number of carbonyl (C=O) groups is 1. The Hall–Kier alpha value is -1.96. The molecule has 1 fully saturated rings. The zero-order valence-electron chi connectivity index (χ0n) is 12.6. The van der Waals surface area contributed by atoms with Crippen LogP contribution in [-0.4, -0.2) is 60.4 Å². The summed E-state index contributed by atoms with van der Waals surface area (Å²) in [5.41, 5.74) is 7.08. The van der Waals surface area contributed by atoms with Crippen LogP contribution in [0.2, 0.25) is 5.02 Å². The van der Waals surface area contributed by atoms with Crippen LogP contribution in [0.25, 0.3) is 10.9 Å². The molecule has 1 aromatic heterocycles. The Labute approximate surface area is 138 Å². The number of fused-ring (bicyclic) bond motifs is 1. The molecule has 0 radical (unpaired) electrons. The Morgan fingerprint density at radius 1 is 1.35 bits per heavy atom. The molecular weight excluding hydrogens is 318 g/mol. The van der Waals surface area contributed by atoms with Crippen LogP contribution in [-0.2, 0) is 4.74 Å². The Kier molecular flexibility index (Phi) is 4.90. The third-order valence-corrected chi connectivity index (χ3v) is 4.03. The summed E-state index contributed by atoms with van der Waals surface area (Å²) in [6.45, 7) is 4.52. The van der Waals surface area contributed by atoms with Crippen molar-refractivity contribution in [1.29, 1.82) is 0 Å². The van der Waals surface area contributed by atoms with Crippen LogP contribution in [0.3, 0.4) is 0 Å². The first-order valence-corrected chi connectivity index (χ1v) is 7.82. The first-order valence-electron chi connectivity index (χ1n) is 7.45. The molecule has 2 heterocycles. The molecule has 1 aromatic carbocycles. The number of hydrogen-bond acceptors (Lipinski definition) is 6. The average Bonchev–Trinajstić information content (AvgIpc) is 2.56. The normalized spacial score (nSPS) is 15.7. The number of ether oxygens (including phenoxy) is 1. The van der Waals surface area contributed by atoms with Gasteiger partial charge >= 0.3 is 0 Å². The molecule has 0 bridgehead atoms. The van der Waals surface area contributed by atoms with Crippen LogP contribution >= 0.6 is 11.6 Å². The average molecular weight is 336 g/mol. The number of hydrogen-bond donors (Lipinski definition) is 2. The highest BCUT2D eigenvalue weighted by Crippen LogP contribution is 2.24. The van der Waals surface area contributed by atoms with E-state index in [0.29, 0.717) is 28.2 Å². The van der Waals surface area contributed by atoms with Crippen LogP contribution in [0.1, 0.15) is 10.5 Å². The third kappa shape index (κ3) is 3.69. The molecule has 3 rings (SSSR count). The number of nitrogens with zero attached hydrogens (tertiary/aromatic N) is 3. The molecule has 1 aliphatic heterocycles. The van der Waals surface area contributed by atoms with E-state index in [-0.39, 0.29) is 11.6 Å². The highest BCUT2D eigenvalue weighted by molar-refractivity contribution is 6.31. The predicted molar refractivity (Wildman–Crippen MR) is 88.6 cm³/mol. The maximum atomic E-state index is 12.3. The molecule has 3 N–H and O–H groups in total. The molecule has 0 saturated carbocycles. The predicted octanol–water partition coefficient (Wildman–Crippen LogP) is 0.927. The fraction of sp³-hybridized carbons (Fsp3) is 0.400. The van der Waals surface area contributed by atoms with Crippen molar-refractivity contribution >= 4 is 34.1 Å². The Morgan fingerprint density at radius 2 is 2.13 bits per heavy atom. The molecule has 0 atom stereocenters. The second-order valence-electron chi connectivity index (χ2n) is 5.33. The molecule has 122 valence electrons. The zero-order valence-corrected chi connectivity index (χ0v) is 13.3. The van der Waals surface area contributed by atoms with E-state index in [1.807, 2.05) is 0 Å². The number of carbonyl (C=O) groups excluding carboxylic acids is 1. The molecular formula is C15H18ClN5O2. The molecule has 1 aliphatic rings. The topological polar surface area (TPSA) is 93.4 Å². The van der Waals surface area contributed by atoms with Gasteiger partial charge in [0.05, 0.1) is 24.4 Å². The van der Waals surface area contributed by atoms with Gasteiger partial charge in [-0.15, -0.1) is 10.2 Å². The molecule has 1 amide bonds. The van der Waals surface area contributed by atoms with Crippen molar-refractivity contribution in [3.63, 3.8) is 0 Å². The van der Waals surface area contributed by atoms with Crippen molar-refractivity contribution in [2.75, 3.05) is 45.1 Å². The lowest BCUT2D eigenvalue weighted by molar-refractivity contribution is 0.0383. The molecule has 7 nitrogen and oxygen atoms in total. The first-order chi connectivity index (χ1) is 11.1. The van der Waals surface area contributed by atoms with Crippen LogP contribution in [0.4, 0.5) is 5.69 Å². The molecule has 2 aromatic rings. The van der Waals surface area contributed by atoms with Crippen LogP contribution in [0.5, 0.6) is 0 Å². The fourth-order valence-corrected chi connectivity index (χ4v) is 2.67. The fourth-order valence-electron chi connectivity index (χ4n) is 2.50. The van der Waals surface area contributed by atoms with Gasteiger partial charge in [0.25, 0.3) is 5.91 Å². The number of nitrogen functional groups attached to an aromatic ring is 1. The van der Waals surface area contributed by atoms with E-state index < -0.39 is 0 Å². The number of anilines is 1. The molecule has 1 saturated heterocycles. The lowest BCUT2D eigenvalue weighted by Gasteiger charge is -2.26. The second-order valence-corrected chi connectivity index (χ2v) is 5.77. The Bertz CT molecular complexity index is 718. The number of nitrogens with one attached hydrogen (secondary N) is 1. The number of amides is 1. The monoisotopic (exact) mass is 335 g/mol. The number of aromatic nitrogens is 2. The standard InChI is InChI=1S/C15H18ClN5O2/c16-10-1-2-12-11(9-10)13(17)14(20-19-12)15(22)18-3-4-21-5-7-23-8-6-21/h1-2,9H,3-8H2,(H2,17,19)(H,18,22). The second kappa shape index (κ2) is 7.08. The minimum absolute atomic E-state index is 0.127. The lowest BCUT2D eigenvalue weighted by Crippen LogP contribution is -2.41. The first kappa shape index (κ1) is 15.9. The van der Waals surface area contributed by atoms with Crippen molar-refractivity contribution < 1.29 is 9.53 Å². The van der Waals surface area contributed by atoms with Gasteiger partial charge in [-0.3, -0.25) is 9.69 Å². The third-order valence-electron chi connectivity index (χ3n) is 3.79. The van der Waals surface area contributed by atoms with Crippen molar-refractivity contribution in [2.45, 2.75) is 0 Å². The van der Waals surface area contributed by atoms with Gasteiger partial charge in [0.1, 0.15) is 0 Å². The largest absolute Gasteiger partial charge is 0.396 e. The lowest BCUT2D eigenvalue weighted by atomic mass is 10.1. The number of halogens is 1. The van der Waals surface area contributed by atoms with Crippen molar-refractivity contribution in [3.8, 4) is 0 Å². The molecule has 8 heteroatoms. The van der Waals surface area contributed by atoms with Gasteiger partial charge in [0.2, 0.25) is 0 Å². The molecule has 0 spiro atoms. The van der Waals surface area contributed by atoms with E-state index in [1.165, 1.54) is 0 Å². The number of benzene rings is 1. The van der Waals surface area contributed by atoms with E-state index in [2.05, 4.69) is 20.4 Å². The summed E-state index contributed by atoms with van der Waals surface area (Å²) in [4.78, 5) is 14.5. The van der Waals surface area contributed by atoms with Gasteiger partial charge in [-0.05, 0) is 18.2 Å². The minimum Gasteiger partial charge on any atom is -0.396 e. The van der Waals surface area contributed by atoms with E-state index in [4.69, 9.17) is 22.1 Å². The quantitative estimate of drug-likeness (QED) is 0.863. The van der Waals surface area contributed by atoms with Gasteiger partial charge < -0.3 is 15.8 Å². The van der Waals surface area contributed by atoms with Gasteiger partial charge in [0, 0.05) is 36.6 Å². The van der Waals surface area contributed by atoms with Crippen LogP contribution in [0.15, 0.2) is 18.2 Å². The van der Waals surface area contributed by atoms with Crippen LogP contribution < -0.4 is 11.1 Å². The van der Waals surface area contributed by atoms with Crippen molar-refractivity contribution in [2.24, 2.45) is 0 Å². The van der Waals surface area contributed by atoms with E-state index in [0.717, 1.165) is 32.8 Å². The summed E-state index contributed by atoms with van der Waals surface area (Å²) >= 11 is 5.97. The van der Waals surface area contributed by atoms with Gasteiger partial charge in [-0.25, -0.2) is 0 Å². The molecule has 0 aliphatic carbocycles. The van der Waals surface area contributed by atoms with Crippen LogP contribution in [0, 0.1) is 0 Å². The highest BCUT2D eigenvalue weighted by Gasteiger charge is 2.16. The highest BCUT2D eigenvalue weighted by atomic mass is 35.5. The smallest absolute Gasteiger partial charge is 0.274 e. The Morgan fingerprint density at radius 3 is 2.91 bits per heavy atom.